The van der Waals surface area contributed by atoms with E-state index in [0.717, 1.165) is 31.2 Å². The number of H-pyrrole nitrogens is 2. The summed E-state index contributed by atoms with van der Waals surface area (Å²) in [6.07, 6.45) is 4.41. The minimum absolute atomic E-state index is 0.303. The van der Waals surface area contributed by atoms with Crippen LogP contribution < -0.4 is 5.69 Å². The highest BCUT2D eigenvalue weighted by Crippen LogP contribution is 2.17. The maximum Gasteiger partial charge on any atom is 0.340 e. The number of piperidine rings is 1. The van der Waals surface area contributed by atoms with E-state index in [1.807, 2.05) is 6.20 Å². The fourth-order valence-corrected chi connectivity index (χ4v) is 2.47. The Morgan fingerprint density at radius 3 is 2.85 bits per heavy atom. The molecule has 1 fully saturated rings. The van der Waals surface area contributed by atoms with Crippen molar-refractivity contribution in [2.75, 3.05) is 13.1 Å². The monoisotopic (exact) mass is 277 g/mol. The van der Waals surface area contributed by atoms with Gasteiger partial charge in [0.2, 0.25) is 0 Å². The summed E-state index contributed by atoms with van der Waals surface area (Å²) >= 11 is 0. The van der Waals surface area contributed by atoms with Crippen molar-refractivity contribution < 1.29 is 0 Å². The molecule has 8 heteroatoms. The van der Waals surface area contributed by atoms with Gasteiger partial charge in [-0.15, -0.1) is 5.10 Å². The van der Waals surface area contributed by atoms with Gasteiger partial charge in [-0.1, -0.05) is 12.1 Å². The molecule has 0 radical (unpaired) electrons. The van der Waals surface area contributed by atoms with Crippen LogP contribution >= 0.6 is 0 Å². The minimum atomic E-state index is -0.303. The lowest BCUT2D eigenvalue weighted by Crippen LogP contribution is -2.32. The molecule has 1 saturated heterocycles. The maximum atomic E-state index is 10.9. The van der Waals surface area contributed by atoms with Gasteiger partial charge in [0.1, 0.15) is 6.54 Å². The van der Waals surface area contributed by atoms with E-state index >= 15 is 0 Å². The zero-order chi connectivity index (χ0) is 13.9. The second kappa shape index (κ2) is 5.58. The minimum Gasteiger partial charge on any atom is -0.297 e. The summed E-state index contributed by atoms with van der Waals surface area (Å²) in [7, 11) is 0. The molecule has 0 unspecified atom stereocenters. The first kappa shape index (κ1) is 13.0. The van der Waals surface area contributed by atoms with E-state index in [-0.39, 0.29) is 5.69 Å². The van der Waals surface area contributed by atoms with Crippen molar-refractivity contribution in [2.45, 2.75) is 32.9 Å². The number of hydrogen-bond donors (Lipinski definition) is 2. The Labute approximate surface area is 116 Å². The molecule has 0 aromatic carbocycles. The highest BCUT2D eigenvalue weighted by atomic mass is 16.1. The molecular weight excluding hydrogens is 258 g/mol. The summed E-state index contributed by atoms with van der Waals surface area (Å²) in [4.78, 5) is 16.0. The van der Waals surface area contributed by atoms with Crippen molar-refractivity contribution >= 4 is 0 Å². The second-order valence-corrected chi connectivity index (χ2v) is 5.49. The summed E-state index contributed by atoms with van der Waals surface area (Å²) in [6.45, 7) is 5.81. The number of aromatic nitrogens is 6. The molecule has 2 aromatic rings. The smallest absolute Gasteiger partial charge is 0.297 e. The van der Waals surface area contributed by atoms with E-state index in [2.05, 4.69) is 37.3 Å². The van der Waals surface area contributed by atoms with Crippen LogP contribution in [0.1, 0.15) is 31.3 Å². The molecule has 0 aliphatic carbocycles. The van der Waals surface area contributed by atoms with Crippen LogP contribution in [0.25, 0.3) is 0 Å². The summed E-state index contributed by atoms with van der Waals surface area (Å²) in [5.74, 6) is 1.39. The molecule has 20 heavy (non-hydrogen) atoms. The Hall–Kier alpha value is -1.96. The Bertz CT molecular complexity index is 605. The van der Waals surface area contributed by atoms with Crippen LogP contribution in [0, 0.1) is 5.92 Å². The second-order valence-electron chi connectivity index (χ2n) is 5.49. The summed E-state index contributed by atoms with van der Waals surface area (Å²) < 4.78 is 1.69. The molecule has 0 atom stereocenters. The van der Waals surface area contributed by atoms with E-state index < -0.39 is 0 Å². The third-order valence-corrected chi connectivity index (χ3v) is 3.71. The zero-order valence-electron chi connectivity index (χ0n) is 11.5. The van der Waals surface area contributed by atoms with Crippen molar-refractivity contribution in [1.82, 2.24) is 35.1 Å². The van der Waals surface area contributed by atoms with Gasteiger partial charge in [0.05, 0.1) is 11.9 Å². The molecule has 3 heterocycles. The molecular formula is C12H19N7O. The number of nitrogens with one attached hydrogen (secondary N) is 2. The zero-order valence-corrected chi connectivity index (χ0v) is 11.5. The Morgan fingerprint density at radius 2 is 2.15 bits per heavy atom. The molecule has 3 rings (SSSR count). The Balaban J connectivity index is 1.58. The first-order valence-electron chi connectivity index (χ1n) is 6.94. The summed E-state index contributed by atoms with van der Waals surface area (Å²) in [6, 6.07) is 0. The van der Waals surface area contributed by atoms with Gasteiger partial charge in [0, 0.05) is 6.54 Å². The van der Waals surface area contributed by atoms with Crippen molar-refractivity contribution in [3.8, 4) is 0 Å². The molecule has 0 saturated carbocycles. The van der Waals surface area contributed by atoms with E-state index in [9.17, 15) is 4.79 Å². The fraction of sp³-hybridized carbons (Fsp3) is 0.667. The number of aromatic amines is 2. The lowest BCUT2D eigenvalue weighted by molar-refractivity contribution is 0.183. The first-order valence-corrected chi connectivity index (χ1v) is 6.94. The van der Waals surface area contributed by atoms with Gasteiger partial charge in [-0.05, 0) is 31.8 Å². The third-order valence-electron chi connectivity index (χ3n) is 3.71. The molecule has 2 N–H and O–H groups in total. The SMILES string of the molecule is CC1CCN(Cc2cn(Cc3n[nH]c(=O)[nH]3)nn2)CC1. The van der Waals surface area contributed by atoms with Gasteiger partial charge < -0.3 is 0 Å². The van der Waals surface area contributed by atoms with Gasteiger partial charge in [-0.25, -0.2) is 14.6 Å². The highest BCUT2D eigenvalue weighted by molar-refractivity contribution is 4.94. The molecule has 0 spiro atoms. The molecule has 1 aliphatic rings. The van der Waals surface area contributed by atoms with Crippen LogP contribution in [0.3, 0.4) is 0 Å². The molecule has 2 aromatic heterocycles. The van der Waals surface area contributed by atoms with Crippen molar-refractivity contribution in [3.05, 3.63) is 28.2 Å². The third kappa shape index (κ3) is 3.13. The Kier molecular flexibility index (Phi) is 3.64. The van der Waals surface area contributed by atoms with Crippen LogP contribution in [0.15, 0.2) is 11.0 Å². The number of rotatable bonds is 4. The van der Waals surface area contributed by atoms with Crippen molar-refractivity contribution in [3.63, 3.8) is 0 Å². The lowest BCUT2D eigenvalue weighted by Gasteiger charge is -2.29. The predicted molar refractivity (Wildman–Crippen MR) is 72.0 cm³/mol. The van der Waals surface area contributed by atoms with Gasteiger partial charge in [-0.2, -0.15) is 5.10 Å². The van der Waals surface area contributed by atoms with Gasteiger partial charge in [0.15, 0.2) is 5.82 Å². The average Bonchev–Trinajstić information content (AvgIpc) is 3.02. The first-order chi connectivity index (χ1) is 9.69. The largest absolute Gasteiger partial charge is 0.340 e. The standard InChI is InChI=1S/C12H19N7O/c1-9-2-4-18(5-3-9)6-10-7-19(17-14-10)8-11-13-12(20)16-15-11/h7,9H,2-6,8H2,1H3,(H2,13,15,16,20). The van der Waals surface area contributed by atoms with Gasteiger partial charge in [-0.3, -0.25) is 9.88 Å². The van der Waals surface area contributed by atoms with E-state index in [0.29, 0.717) is 12.4 Å². The number of likely N-dealkylation sites (tertiary alicyclic amines) is 1. The normalized spacial score (nSPS) is 17.6. The molecule has 8 nitrogen and oxygen atoms in total. The van der Waals surface area contributed by atoms with Crippen molar-refractivity contribution in [1.29, 1.82) is 0 Å². The van der Waals surface area contributed by atoms with E-state index in [1.54, 1.807) is 4.68 Å². The molecule has 1 aliphatic heterocycles. The van der Waals surface area contributed by atoms with Crippen LogP contribution in [-0.4, -0.2) is 48.2 Å². The molecule has 0 amide bonds. The van der Waals surface area contributed by atoms with Crippen LogP contribution in [0.5, 0.6) is 0 Å². The van der Waals surface area contributed by atoms with Crippen LogP contribution in [0.4, 0.5) is 0 Å². The van der Waals surface area contributed by atoms with E-state index in [4.69, 9.17) is 0 Å². The number of hydrogen-bond acceptors (Lipinski definition) is 5. The van der Waals surface area contributed by atoms with Gasteiger partial charge in [0.25, 0.3) is 0 Å². The summed E-state index contributed by atoms with van der Waals surface area (Å²) in [5, 5.41) is 14.4. The van der Waals surface area contributed by atoms with E-state index in [1.165, 1.54) is 12.8 Å². The van der Waals surface area contributed by atoms with Crippen molar-refractivity contribution in [2.24, 2.45) is 5.92 Å². The number of nitrogens with zero attached hydrogens (tertiary/aromatic N) is 5. The summed E-state index contributed by atoms with van der Waals surface area (Å²) in [5.41, 5.74) is 0.653. The van der Waals surface area contributed by atoms with Gasteiger partial charge >= 0.3 is 5.69 Å². The fourth-order valence-electron chi connectivity index (χ4n) is 2.47. The molecule has 108 valence electrons. The Morgan fingerprint density at radius 1 is 1.35 bits per heavy atom. The predicted octanol–water partition coefficient (Wildman–Crippen LogP) is -0.0303. The lowest BCUT2D eigenvalue weighted by atomic mass is 9.99. The molecule has 0 bridgehead atoms. The maximum absolute atomic E-state index is 10.9. The van der Waals surface area contributed by atoms with Crippen LogP contribution in [-0.2, 0) is 13.1 Å². The highest BCUT2D eigenvalue weighted by Gasteiger charge is 2.16. The topological polar surface area (TPSA) is 95.5 Å². The van der Waals surface area contributed by atoms with Crippen LogP contribution in [0.2, 0.25) is 0 Å². The quantitative estimate of drug-likeness (QED) is 0.818. The average molecular weight is 277 g/mol.